The summed E-state index contributed by atoms with van der Waals surface area (Å²) in [6.45, 7) is 0.396. The molecule has 0 saturated carbocycles. The number of carbonyl (C=O) groups is 1. The fraction of sp³-hybridized carbons (Fsp3) is 0.579. The molecule has 2 aliphatic heterocycles. The van der Waals surface area contributed by atoms with Crippen LogP contribution in [0.5, 0.6) is 0 Å². The van der Waals surface area contributed by atoms with E-state index in [-0.39, 0.29) is 30.5 Å². The Morgan fingerprint density at radius 3 is 2.85 bits per heavy atom. The van der Waals surface area contributed by atoms with Gasteiger partial charge >= 0.3 is 164 Å². The molecule has 2 saturated heterocycles. The summed E-state index contributed by atoms with van der Waals surface area (Å²) in [5, 5.41) is 11.5. The average molecular weight is 474 g/mol. The molecule has 3 rings (SSSR count). The van der Waals surface area contributed by atoms with Gasteiger partial charge < -0.3 is 0 Å². The van der Waals surface area contributed by atoms with Gasteiger partial charge in [-0.25, -0.2) is 0 Å². The van der Waals surface area contributed by atoms with Crippen LogP contribution >= 0.6 is 0 Å². The van der Waals surface area contributed by atoms with E-state index >= 15 is 0 Å². The van der Waals surface area contributed by atoms with Gasteiger partial charge in [-0.1, -0.05) is 0 Å². The first-order valence-corrected chi connectivity index (χ1v) is 11.1. The Hall–Kier alpha value is -1.40. The van der Waals surface area contributed by atoms with Gasteiger partial charge in [0.05, 0.1) is 0 Å². The predicted molar refractivity (Wildman–Crippen MR) is 91.1 cm³/mol. The molecule has 2 aliphatic rings. The number of carbonyl (C=O) groups excluding carboxylic acids is 1. The Bertz CT molecular complexity index is 688. The van der Waals surface area contributed by atoms with Gasteiger partial charge in [-0.3, -0.25) is 0 Å². The minimum atomic E-state index is -0.554. The maximum absolute atomic E-state index is 12.7. The van der Waals surface area contributed by atoms with Gasteiger partial charge in [0, 0.05) is 0 Å². The first-order chi connectivity index (χ1) is 12.7. The van der Waals surface area contributed by atoms with Crippen molar-refractivity contribution < 1.29 is 40.3 Å². The van der Waals surface area contributed by atoms with Crippen molar-refractivity contribution in [3.8, 4) is 4.08 Å². The quantitative estimate of drug-likeness (QED) is 0.361. The van der Waals surface area contributed by atoms with Crippen LogP contribution in [0.15, 0.2) is 24.3 Å². The van der Waals surface area contributed by atoms with Crippen LogP contribution in [-0.4, -0.2) is 48.5 Å². The summed E-state index contributed by atoms with van der Waals surface area (Å²) in [5.41, 5.74) is 1.15. The van der Waals surface area contributed by atoms with E-state index in [1.165, 1.54) is 7.11 Å². The van der Waals surface area contributed by atoms with E-state index in [1.54, 1.807) is 0 Å². The molecule has 0 radical (unpaired) electrons. The monoisotopic (exact) mass is 474 g/mol. The number of benzene rings is 1. The number of fused-ring (bicyclic) bond motifs is 2. The SMILES string of the molecule is COC(=O)C1C(c2ccc([I-]C#[N+]O)cc2)CC2CCC1N2CCCF. The zero-order chi connectivity index (χ0) is 18.5. The van der Waals surface area contributed by atoms with Gasteiger partial charge in [0.2, 0.25) is 0 Å². The van der Waals surface area contributed by atoms with Crippen LogP contribution in [0.4, 0.5) is 4.39 Å². The molecule has 7 heteroatoms. The van der Waals surface area contributed by atoms with Crippen LogP contribution in [0.2, 0.25) is 0 Å². The summed E-state index contributed by atoms with van der Waals surface area (Å²) in [7, 11) is 1.45. The summed E-state index contributed by atoms with van der Waals surface area (Å²) in [4.78, 5) is 14.9. The van der Waals surface area contributed by atoms with E-state index in [0.29, 0.717) is 19.0 Å². The van der Waals surface area contributed by atoms with Crippen LogP contribution in [-0.2, 0) is 9.53 Å². The number of piperidine rings is 1. The Labute approximate surface area is 163 Å². The van der Waals surface area contributed by atoms with Crippen LogP contribution < -0.4 is 21.2 Å². The third-order valence-electron chi connectivity index (χ3n) is 5.58. The van der Waals surface area contributed by atoms with Gasteiger partial charge in [-0.15, -0.1) is 0 Å². The van der Waals surface area contributed by atoms with Crippen LogP contribution in [0.3, 0.4) is 0 Å². The van der Waals surface area contributed by atoms with Crippen molar-refractivity contribution in [2.24, 2.45) is 5.92 Å². The first-order valence-electron chi connectivity index (χ1n) is 8.92. The van der Waals surface area contributed by atoms with E-state index in [0.717, 1.165) is 28.4 Å². The summed E-state index contributed by atoms with van der Waals surface area (Å²) < 4.78 is 21.5. The molecule has 2 fully saturated rings. The van der Waals surface area contributed by atoms with Gasteiger partial charge in [-0.2, -0.15) is 0 Å². The van der Waals surface area contributed by atoms with Gasteiger partial charge in [0.1, 0.15) is 0 Å². The maximum atomic E-state index is 12.7. The van der Waals surface area contributed by atoms with Crippen molar-refractivity contribution in [1.29, 1.82) is 0 Å². The Morgan fingerprint density at radius 1 is 1.42 bits per heavy atom. The van der Waals surface area contributed by atoms with Crippen molar-refractivity contribution in [2.75, 3.05) is 20.3 Å². The second-order valence-corrected chi connectivity index (χ2v) is 9.07. The number of halogens is 2. The summed E-state index contributed by atoms with van der Waals surface area (Å²) in [6, 6.07) is 8.77. The van der Waals surface area contributed by atoms with E-state index in [1.807, 2.05) is 12.1 Å². The van der Waals surface area contributed by atoms with Crippen molar-refractivity contribution in [3.63, 3.8) is 0 Å². The third-order valence-corrected chi connectivity index (χ3v) is 7.37. The van der Waals surface area contributed by atoms with Gasteiger partial charge in [0.25, 0.3) is 0 Å². The van der Waals surface area contributed by atoms with Crippen LogP contribution in [0, 0.1) is 13.6 Å². The number of nitrogens with zero attached hydrogens (tertiary/aromatic N) is 2. The van der Waals surface area contributed by atoms with Crippen molar-refractivity contribution >= 4 is 5.97 Å². The minimum absolute atomic E-state index is 0.129. The van der Waals surface area contributed by atoms with Crippen molar-refractivity contribution in [2.45, 2.75) is 43.7 Å². The van der Waals surface area contributed by atoms with Gasteiger partial charge in [-0.05, 0) is 0 Å². The van der Waals surface area contributed by atoms with E-state index in [9.17, 15) is 9.18 Å². The molecule has 1 N–H and O–H groups in total. The third kappa shape index (κ3) is 3.96. The molecule has 26 heavy (non-hydrogen) atoms. The normalized spacial score (nSPS) is 27.8. The number of rotatable bonds is 6. The molecule has 1 aromatic rings. The van der Waals surface area contributed by atoms with Crippen LogP contribution in [0.1, 0.15) is 37.2 Å². The molecule has 0 amide bonds. The molecule has 4 unspecified atom stereocenters. The summed E-state index contributed by atoms with van der Waals surface area (Å²) >= 11 is -0.554. The topological polar surface area (TPSA) is 54.1 Å². The zero-order valence-corrected chi connectivity index (χ0v) is 16.9. The standard InChI is InChI=1S/C19H24FIN2O3/c1-26-19(24)18-16(13-3-5-14(6-4-13)21-12-22-25)11-15-7-8-17(18)23(15)10-2-9-20/h3-6,15-18,25H,2,7-11H2,1H3. The zero-order valence-electron chi connectivity index (χ0n) is 14.8. The van der Waals surface area contributed by atoms with Crippen LogP contribution in [0.25, 0.3) is 5.01 Å². The number of hydrogen-bond donors (Lipinski definition) is 1. The molecule has 4 atom stereocenters. The molecule has 0 aliphatic carbocycles. The molecule has 5 nitrogen and oxygen atoms in total. The fourth-order valence-corrected chi connectivity index (χ4v) is 5.65. The molecular formula is C19H24FIN2O3. The molecule has 1 aromatic carbocycles. The molecular weight excluding hydrogens is 450 g/mol. The van der Waals surface area contributed by atoms with E-state index < -0.39 is 21.2 Å². The second kappa shape index (κ2) is 9.00. The first kappa shape index (κ1) is 19.4. The fourth-order valence-electron chi connectivity index (χ4n) is 4.54. The Kier molecular flexibility index (Phi) is 6.70. The Morgan fingerprint density at radius 2 is 2.19 bits per heavy atom. The van der Waals surface area contributed by atoms with E-state index in [2.05, 4.69) is 26.1 Å². The number of hydrogen-bond acceptors (Lipinski definition) is 4. The van der Waals surface area contributed by atoms with Crippen molar-refractivity contribution in [1.82, 2.24) is 4.90 Å². The predicted octanol–water partition coefficient (Wildman–Crippen LogP) is 0.0939. The van der Waals surface area contributed by atoms with E-state index in [4.69, 9.17) is 9.94 Å². The number of esters is 1. The van der Waals surface area contributed by atoms with Gasteiger partial charge in [0.15, 0.2) is 0 Å². The second-order valence-electron chi connectivity index (χ2n) is 6.80. The number of methoxy groups -OCH3 is 1. The molecule has 2 bridgehead atoms. The molecule has 2 heterocycles. The Balaban J connectivity index is 1.84. The average Bonchev–Trinajstić information content (AvgIpc) is 2.95. The molecule has 0 aromatic heterocycles. The number of alkyl halides is 1. The van der Waals surface area contributed by atoms with Crippen molar-refractivity contribution in [3.05, 3.63) is 38.4 Å². The molecule has 142 valence electrons. The molecule has 0 spiro atoms. The summed E-state index contributed by atoms with van der Waals surface area (Å²) in [6.07, 6.45) is 3.46. The summed E-state index contributed by atoms with van der Waals surface area (Å²) in [5.74, 6) is -0.239. The number of ether oxygens (including phenoxy) is 1.